The van der Waals surface area contributed by atoms with Gasteiger partial charge in [0.05, 0.1) is 11.0 Å². The van der Waals surface area contributed by atoms with E-state index in [2.05, 4.69) is 23.7 Å². The minimum absolute atomic E-state index is 0.0874. The summed E-state index contributed by atoms with van der Waals surface area (Å²) in [6, 6.07) is 4.44. The number of carbonyl (C=O) groups is 2. The lowest BCUT2D eigenvalue weighted by Crippen LogP contribution is -2.41. The first-order chi connectivity index (χ1) is 20.7. The summed E-state index contributed by atoms with van der Waals surface area (Å²) < 4.78 is 69.6. The molecular formula is C30H39F3N6O4S. The van der Waals surface area contributed by atoms with Crippen LogP contribution in [0, 0.1) is 17.3 Å². The number of unbranched alkanes of at least 4 members (excludes halogenated alkanes) is 1. The van der Waals surface area contributed by atoms with Crippen LogP contribution in [-0.4, -0.2) is 59.8 Å². The lowest BCUT2D eigenvalue weighted by molar-refractivity contribution is -0.189. The lowest BCUT2D eigenvalue weighted by Gasteiger charge is -2.34. The third-order valence-corrected chi connectivity index (χ3v) is 11.2. The normalized spacial score (nSPS) is 25.8. The van der Waals surface area contributed by atoms with Crippen LogP contribution in [0.1, 0.15) is 88.4 Å². The number of hydrogen-bond donors (Lipinski definition) is 1. The van der Waals surface area contributed by atoms with Crippen molar-refractivity contribution >= 4 is 33.5 Å². The number of sulfonamides is 1. The van der Waals surface area contributed by atoms with Gasteiger partial charge in [-0.05, 0) is 89.3 Å². The number of pyridine rings is 1. The first-order valence-electron chi connectivity index (χ1n) is 15.5. The smallest absolute Gasteiger partial charge is 0.350 e. The number of nitrogens with one attached hydrogen (secondary N) is 1. The molecule has 2 aromatic heterocycles. The summed E-state index contributed by atoms with van der Waals surface area (Å²) in [5, 5.41) is 3.92. The van der Waals surface area contributed by atoms with Gasteiger partial charge in [-0.15, -0.1) is 0 Å². The number of carbonyl (C=O) groups excluding carboxylic acids is 2. The summed E-state index contributed by atoms with van der Waals surface area (Å²) in [5.41, 5.74) is -1.81. The zero-order valence-corrected chi connectivity index (χ0v) is 25.9. The fraction of sp³-hybridized carbons (Fsp3) is 0.667. The highest BCUT2D eigenvalue weighted by Crippen LogP contribution is 2.60. The highest BCUT2D eigenvalue weighted by Gasteiger charge is 2.62. The predicted molar refractivity (Wildman–Crippen MR) is 157 cm³/mol. The Labute approximate surface area is 255 Å². The molecule has 5 heterocycles. The maximum Gasteiger partial charge on any atom is 0.394 e. The van der Waals surface area contributed by atoms with Crippen molar-refractivity contribution in [3.8, 4) is 0 Å². The number of halogens is 3. The standard InChI is InChI=1S/C30H39F3N6O4S/c1-28(2)18-20-6-5-15-37-16-11-24(35-37)44(42,43)36-26(40)22-8-9-23(34-25(22)39(28)19-20)38-17-10-21(27(38)41)7-3-4-12-29(13-14-29)30(31,32)33/h8-9,11,16,20-21H,3-7,10,12-15,17-19H2,1-2H3,(H,36,40). The molecule has 4 aliphatic rings. The topological polar surface area (TPSA) is 118 Å². The average Bonchev–Trinajstić information content (AvgIpc) is 3.27. The maximum atomic E-state index is 13.5. The molecule has 2 unspecified atom stereocenters. The van der Waals surface area contributed by atoms with E-state index in [1.54, 1.807) is 21.8 Å². The van der Waals surface area contributed by atoms with E-state index >= 15 is 0 Å². The highest BCUT2D eigenvalue weighted by molar-refractivity contribution is 7.90. The minimum Gasteiger partial charge on any atom is -0.350 e. The van der Waals surface area contributed by atoms with Crippen LogP contribution in [0.5, 0.6) is 0 Å². The summed E-state index contributed by atoms with van der Waals surface area (Å²) >= 11 is 0. The molecule has 44 heavy (non-hydrogen) atoms. The van der Waals surface area contributed by atoms with Crippen LogP contribution in [0.4, 0.5) is 24.8 Å². The van der Waals surface area contributed by atoms with E-state index in [0.717, 1.165) is 19.3 Å². The second-order valence-electron chi connectivity index (χ2n) is 13.5. The molecule has 14 heteroatoms. The van der Waals surface area contributed by atoms with E-state index in [-0.39, 0.29) is 47.2 Å². The fourth-order valence-corrected chi connectivity index (χ4v) is 8.13. The molecule has 240 valence electrons. The monoisotopic (exact) mass is 636 g/mol. The third-order valence-electron chi connectivity index (χ3n) is 9.94. The Kier molecular flexibility index (Phi) is 7.73. The summed E-state index contributed by atoms with van der Waals surface area (Å²) in [4.78, 5) is 35.4. The Balaban J connectivity index is 1.23. The van der Waals surface area contributed by atoms with Gasteiger partial charge in [-0.3, -0.25) is 19.2 Å². The van der Waals surface area contributed by atoms with Gasteiger partial charge >= 0.3 is 6.18 Å². The van der Waals surface area contributed by atoms with Crippen LogP contribution in [0.25, 0.3) is 0 Å². The molecule has 3 fully saturated rings. The molecule has 1 N–H and O–H groups in total. The van der Waals surface area contributed by atoms with E-state index in [1.807, 2.05) is 4.90 Å². The first kappa shape index (κ1) is 30.8. The molecule has 1 aliphatic carbocycles. The van der Waals surface area contributed by atoms with Gasteiger partial charge in [0.1, 0.15) is 11.6 Å². The van der Waals surface area contributed by atoms with E-state index in [0.29, 0.717) is 62.9 Å². The molecule has 2 saturated heterocycles. The molecule has 6 rings (SSSR count). The molecule has 3 aliphatic heterocycles. The van der Waals surface area contributed by atoms with Gasteiger partial charge in [0.25, 0.3) is 15.9 Å². The van der Waals surface area contributed by atoms with Crippen LogP contribution in [0.2, 0.25) is 0 Å². The van der Waals surface area contributed by atoms with Gasteiger partial charge in [0.2, 0.25) is 5.91 Å². The van der Waals surface area contributed by atoms with Crippen molar-refractivity contribution in [3.05, 3.63) is 30.0 Å². The fourth-order valence-electron chi connectivity index (χ4n) is 7.22. The number of fused-ring (bicyclic) bond motifs is 6. The van der Waals surface area contributed by atoms with Crippen molar-refractivity contribution < 1.29 is 31.2 Å². The number of amides is 2. The van der Waals surface area contributed by atoms with Crippen LogP contribution in [0.3, 0.4) is 0 Å². The van der Waals surface area contributed by atoms with Crippen molar-refractivity contribution in [3.63, 3.8) is 0 Å². The van der Waals surface area contributed by atoms with Crippen molar-refractivity contribution in [1.29, 1.82) is 0 Å². The van der Waals surface area contributed by atoms with E-state index in [1.165, 1.54) is 12.1 Å². The first-order valence-corrected chi connectivity index (χ1v) is 16.9. The Hall–Kier alpha value is -3.16. The van der Waals surface area contributed by atoms with Crippen LogP contribution in [0.15, 0.2) is 29.4 Å². The molecule has 0 radical (unpaired) electrons. The molecule has 2 aromatic rings. The summed E-state index contributed by atoms with van der Waals surface area (Å²) in [5.74, 6) is -0.242. The number of nitrogens with zero attached hydrogens (tertiary/aromatic N) is 5. The quantitative estimate of drug-likeness (QED) is 0.441. The SMILES string of the molecule is CC1(C)CC2CCCn3ccc(n3)S(=O)(=O)NC(=O)c3ccc(N4CCC(CCCCC5(C(F)(F)F)CC5)C4=O)nc3N1C2. The molecule has 0 aromatic carbocycles. The largest absolute Gasteiger partial charge is 0.394 e. The van der Waals surface area contributed by atoms with E-state index in [4.69, 9.17) is 4.98 Å². The number of alkyl halides is 3. The van der Waals surface area contributed by atoms with Gasteiger partial charge in [-0.2, -0.15) is 26.7 Å². The van der Waals surface area contributed by atoms with E-state index in [9.17, 15) is 31.2 Å². The Morgan fingerprint density at radius 2 is 1.84 bits per heavy atom. The Bertz CT molecular complexity index is 1550. The minimum atomic E-state index is -4.23. The van der Waals surface area contributed by atoms with Gasteiger partial charge in [0, 0.05) is 37.3 Å². The third kappa shape index (κ3) is 5.81. The number of aromatic nitrogens is 3. The van der Waals surface area contributed by atoms with Crippen LogP contribution in [-0.2, 0) is 21.4 Å². The van der Waals surface area contributed by atoms with Gasteiger partial charge < -0.3 is 4.90 Å². The molecule has 4 bridgehead atoms. The molecule has 0 spiro atoms. The Morgan fingerprint density at radius 1 is 1.07 bits per heavy atom. The van der Waals surface area contributed by atoms with Gasteiger partial charge in [0.15, 0.2) is 5.03 Å². The lowest BCUT2D eigenvalue weighted by atomic mass is 9.93. The number of anilines is 2. The molecule has 10 nitrogen and oxygen atoms in total. The van der Waals surface area contributed by atoms with Gasteiger partial charge in [-0.25, -0.2) is 9.71 Å². The molecular weight excluding hydrogens is 597 g/mol. The van der Waals surface area contributed by atoms with E-state index < -0.39 is 27.5 Å². The predicted octanol–water partition coefficient (Wildman–Crippen LogP) is 5.05. The number of hydrogen-bond acceptors (Lipinski definition) is 7. The zero-order valence-electron chi connectivity index (χ0n) is 25.1. The zero-order chi connectivity index (χ0) is 31.5. The Morgan fingerprint density at radius 3 is 2.57 bits per heavy atom. The molecule has 2 atom stereocenters. The van der Waals surface area contributed by atoms with Crippen molar-refractivity contribution in [1.82, 2.24) is 19.5 Å². The number of rotatable bonds is 6. The average molecular weight is 637 g/mol. The van der Waals surface area contributed by atoms with Crippen LogP contribution >= 0.6 is 0 Å². The summed E-state index contributed by atoms with van der Waals surface area (Å²) in [7, 11) is -4.23. The maximum absolute atomic E-state index is 13.5. The second kappa shape index (κ2) is 11.0. The van der Waals surface area contributed by atoms with Crippen molar-refractivity contribution in [2.24, 2.45) is 17.3 Å². The highest BCUT2D eigenvalue weighted by atomic mass is 32.2. The van der Waals surface area contributed by atoms with Crippen molar-refractivity contribution in [2.75, 3.05) is 22.9 Å². The van der Waals surface area contributed by atoms with Crippen LogP contribution < -0.4 is 14.5 Å². The van der Waals surface area contributed by atoms with Gasteiger partial charge in [-0.1, -0.05) is 12.8 Å². The second-order valence-corrected chi connectivity index (χ2v) is 15.2. The molecule has 2 amide bonds. The summed E-state index contributed by atoms with van der Waals surface area (Å²) in [6.07, 6.45) is 2.56. The number of aryl methyl sites for hydroxylation is 1. The summed E-state index contributed by atoms with van der Waals surface area (Å²) in [6.45, 7) is 5.73. The van der Waals surface area contributed by atoms with Crippen molar-refractivity contribution in [2.45, 2.75) is 101 Å². The molecule has 1 saturated carbocycles.